The lowest BCUT2D eigenvalue weighted by molar-refractivity contribution is -0.140. The van der Waals surface area contributed by atoms with Crippen LogP contribution in [0.4, 0.5) is 0 Å². The number of aryl methyl sites for hydroxylation is 1. The molecule has 2 rings (SSSR count). The highest BCUT2D eigenvalue weighted by atomic mass is 35.5. The molecule has 0 fully saturated rings. The number of halogens is 2. The van der Waals surface area contributed by atoms with Gasteiger partial charge in [-0.05, 0) is 57.4 Å². The van der Waals surface area contributed by atoms with Crippen molar-refractivity contribution in [1.82, 2.24) is 10.2 Å². The van der Waals surface area contributed by atoms with Gasteiger partial charge in [-0.3, -0.25) is 9.59 Å². The summed E-state index contributed by atoms with van der Waals surface area (Å²) in [5.74, 6) is 0.787. The fourth-order valence-corrected chi connectivity index (χ4v) is 4.53. The first-order valence-corrected chi connectivity index (χ1v) is 12.6. The van der Waals surface area contributed by atoms with Crippen LogP contribution in [0.1, 0.15) is 50.8 Å². The SMILES string of the molecule is CC[C@@H](C(=O)NC(C)(C)C)N(Cc1ccc(Cl)c(Cl)c1)C(=O)CSCc1cccc(C)c1. The van der Waals surface area contributed by atoms with E-state index in [-0.39, 0.29) is 29.7 Å². The fraction of sp³-hybridized carbons (Fsp3) is 0.440. The van der Waals surface area contributed by atoms with Gasteiger partial charge in [0, 0.05) is 17.8 Å². The number of nitrogens with one attached hydrogen (secondary N) is 1. The van der Waals surface area contributed by atoms with Gasteiger partial charge in [-0.25, -0.2) is 0 Å². The Labute approximate surface area is 206 Å². The van der Waals surface area contributed by atoms with Gasteiger partial charge in [0.2, 0.25) is 11.8 Å². The average Bonchev–Trinajstić information content (AvgIpc) is 2.69. The summed E-state index contributed by atoms with van der Waals surface area (Å²) < 4.78 is 0. The molecule has 4 nitrogen and oxygen atoms in total. The van der Waals surface area contributed by atoms with E-state index in [2.05, 4.69) is 30.4 Å². The quantitative estimate of drug-likeness (QED) is 0.447. The summed E-state index contributed by atoms with van der Waals surface area (Å²) in [5, 5.41) is 3.90. The highest BCUT2D eigenvalue weighted by Crippen LogP contribution is 2.25. The van der Waals surface area contributed by atoms with Crippen molar-refractivity contribution < 1.29 is 9.59 Å². The van der Waals surface area contributed by atoms with Gasteiger partial charge in [0.05, 0.1) is 15.8 Å². The van der Waals surface area contributed by atoms with E-state index in [9.17, 15) is 9.59 Å². The highest BCUT2D eigenvalue weighted by molar-refractivity contribution is 7.99. The van der Waals surface area contributed by atoms with Crippen LogP contribution in [0, 0.1) is 6.92 Å². The molecule has 0 aliphatic rings. The minimum absolute atomic E-state index is 0.0790. The number of hydrogen-bond acceptors (Lipinski definition) is 3. The summed E-state index contributed by atoms with van der Waals surface area (Å²) in [6.07, 6.45) is 0.511. The number of thioether (sulfide) groups is 1. The first-order chi connectivity index (χ1) is 15.0. The van der Waals surface area contributed by atoms with E-state index >= 15 is 0 Å². The molecule has 2 amide bonds. The Bertz CT molecular complexity index is 944. The predicted molar refractivity (Wildman–Crippen MR) is 136 cm³/mol. The van der Waals surface area contributed by atoms with Crippen LogP contribution < -0.4 is 5.32 Å². The molecule has 2 aromatic carbocycles. The van der Waals surface area contributed by atoms with E-state index in [4.69, 9.17) is 23.2 Å². The number of hydrogen-bond donors (Lipinski definition) is 1. The number of rotatable bonds is 9. The number of carbonyl (C=O) groups excluding carboxylic acids is 2. The van der Waals surface area contributed by atoms with Crippen LogP contribution >= 0.6 is 35.0 Å². The van der Waals surface area contributed by atoms with E-state index in [1.165, 1.54) is 11.1 Å². The third-order valence-corrected chi connectivity index (χ3v) is 6.53. The van der Waals surface area contributed by atoms with Crippen molar-refractivity contribution in [3.8, 4) is 0 Å². The van der Waals surface area contributed by atoms with Crippen molar-refractivity contribution in [2.75, 3.05) is 5.75 Å². The number of benzene rings is 2. The van der Waals surface area contributed by atoms with E-state index in [1.807, 2.05) is 39.8 Å². The van der Waals surface area contributed by atoms with Crippen LogP contribution in [0.5, 0.6) is 0 Å². The van der Waals surface area contributed by atoms with Crippen molar-refractivity contribution in [3.05, 3.63) is 69.2 Å². The zero-order chi connectivity index (χ0) is 23.9. The van der Waals surface area contributed by atoms with Crippen LogP contribution in [0.15, 0.2) is 42.5 Å². The lowest BCUT2D eigenvalue weighted by atomic mass is 10.1. The van der Waals surface area contributed by atoms with Crippen molar-refractivity contribution in [1.29, 1.82) is 0 Å². The zero-order valence-corrected chi connectivity index (χ0v) is 21.7. The molecule has 0 saturated carbocycles. The van der Waals surface area contributed by atoms with Crippen molar-refractivity contribution in [2.45, 2.75) is 64.9 Å². The van der Waals surface area contributed by atoms with Gasteiger partial charge in [0.15, 0.2) is 0 Å². The average molecular weight is 496 g/mol. The molecule has 0 unspecified atom stereocenters. The molecule has 1 atom stereocenters. The normalized spacial score (nSPS) is 12.3. The van der Waals surface area contributed by atoms with Gasteiger partial charge in [-0.1, -0.05) is 66.0 Å². The largest absolute Gasteiger partial charge is 0.350 e. The van der Waals surface area contributed by atoms with E-state index in [1.54, 1.807) is 28.8 Å². The molecule has 0 aliphatic heterocycles. The molecular weight excluding hydrogens is 463 g/mol. The standard InChI is InChI=1S/C25H32Cl2N2O2S/c1-6-22(24(31)28-25(3,4)5)29(14-18-10-11-20(26)21(27)13-18)23(30)16-32-15-19-9-7-8-17(2)12-19/h7-13,22H,6,14-16H2,1-5H3,(H,28,31)/t22-/m0/s1. The fourth-order valence-electron chi connectivity index (χ4n) is 3.35. The molecule has 174 valence electrons. The Kier molecular flexibility index (Phi) is 9.93. The van der Waals surface area contributed by atoms with Crippen LogP contribution in [-0.4, -0.2) is 34.0 Å². The summed E-state index contributed by atoms with van der Waals surface area (Å²) >= 11 is 13.8. The smallest absolute Gasteiger partial charge is 0.243 e. The number of amides is 2. The second kappa shape index (κ2) is 12.0. The summed E-state index contributed by atoms with van der Waals surface area (Å²) in [4.78, 5) is 28.0. The minimum Gasteiger partial charge on any atom is -0.350 e. The second-order valence-electron chi connectivity index (χ2n) is 8.92. The molecule has 0 saturated heterocycles. The Morgan fingerprint density at radius 1 is 1.06 bits per heavy atom. The highest BCUT2D eigenvalue weighted by Gasteiger charge is 2.30. The maximum Gasteiger partial charge on any atom is 0.243 e. The van der Waals surface area contributed by atoms with Gasteiger partial charge in [0.25, 0.3) is 0 Å². The third kappa shape index (κ3) is 8.34. The molecule has 7 heteroatoms. The summed E-state index contributed by atoms with van der Waals surface area (Å²) in [6, 6.07) is 13.0. The number of carbonyl (C=O) groups is 2. The second-order valence-corrected chi connectivity index (χ2v) is 10.7. The van der Waals surface area contributed by atoms with Gasteiger partial charge in [0.1, 0.15) is 6.04 Å². The van der Waals surface area contributed by atoms with Crippen LogP contribution in [-0.2, 0) is 21.9 Å². The summed E-state index contributed by atoms with van der Waals surface area (Å²) in [6.45, 7) is 10.1. The molecular formula is C25H32Cl2N2O2S. The van der Waals surface area contributed by atoms with Gasteiger partial charge in [-0.2, -0.15) is 0 Å². The predicted octanol–water partition coefficient (Wildman–Crippen LogP) is 6.26. The van der Waals surface area contributed by atoms with Crippen LogP contribution in [0.3, 0.4) is 0 Å². The van der Waals surface area contributed by atoms with Gasteiger partial charge in [-0.15, -0.1) is 11.8 Å². The third-order valence-electron chi connectivity index (χ3n) is 4.80. The van der Waals surface area contributed by atoms with Crippen molar-refractivity contribution in [2.24, 2.45) is 0 Å². The maximum absolute atomic E-state index is 13.3. The van der Waals surface area contributed by atoms with E-state index < -0.39 is 6.04 Å². The Hall–Kier alpha value is -1.69. The first kappa shape index (κ1) is 26.6. The van der Waals surface area contributed by atoms with Crippen molar-refractivity contribution >= 4 is 46.8 Å². The zero-order valence-electron chi connectivity index (χ0n) is 19.4. The molecule has 0 spiro atoms. The molecule has 1 N–H and O–H groups in total. The maximum atomic E-state index is 13.3. The van der Waals surface area contributed by atoms with Crippen LogP contribution in [0.2, 0.25) is 10.0 Å². The Morgan fingerprint density at radius 3 is 2.38 bits per heavy atom. The molecule has 2 aromatic rings. The van der Waals surface area contributed by atoms with E-state index in [0.717, 1.165) is 11.3 Å². The molecule has 0 aliphatic carbocycles. The van der Waals surface area contributed by atoms with Crippen molar-refractivity contribution in [3.63, 3.8) is 0 Å². The summed E-state index contributed by atoms with van der Waals surface area (Å²) in [7, 11) is 0. The summed E-state index contributed by atoms with van der Waals surface area (Å²) in [5.41, 5.74) is 2.82. The van der Waals surface area contributed by atoms with Crippen LogP contribution in [0.25, 0.3) is 0 Å². The number of nitrogens with zero attached hydrogens (tertiary/aromatic N) is 1. The topological polar surface area (TPSA) is 49.4 Å². The molecule has 0 heterocycles. The monoisotopic (exact) mass is 494 g/mol. The lowest BCUT2D eigenvalue weighted by Crippen LogP contribution is -2.53. The Balaban J connectivity index is 2.19. The van der Waals surface area contributed by atoms with Gasteiger partial charge < -0.3 is 10.2 Å². The molecule has 0 aromatic heterocycles. The Morgan fingerprint density at radius 2 is 1.78 bits per heavy atom. The molecule has 0 radical (unpaired) electrons. The first-order valence-electron chi connectivity index (χ1n) is 10.7. The minimum atomic E-state index is -0.573. The molecule has 32 heavy (non-hydrogen) atoms. The van der Waals surface area contributed by atoms with E-state index in [0.29, 0.717) is 16.5 Å². The lowest BCUT2D eigenvalue weighted by Gasteiger charge is -2.33. The van der Waals surface area contributed by atoms with Gasteiger partial charge >= 0.3 is 0 Å². The molecule has 0 bridgehead atoms.